The van der Waals surface area contributed by atoms with E-state index in [1.165, 1.54) is 16.9 Å². The molecule has 1 aliphatic heterocycles. The quantitative estimate of drug-likeness (QED) is 0.657. The highest BCUT2D eigenvalue weighted by molar-refractivity contribution is 8.01. The molecular weight excluding hydrogens is 356 g/mol. The monoisotopic (exact) mass is 370 g/mol. The number of anilines is 1. The molecule has 1 unspecified atom stereocenters. The smallest absolute Gasteiger partial charge is 0.265 e. The van der Waals surface area contributed by atoms with Crippen molar-refractivity contribution in [3.8, 4) is 11.3 Å². The number of thioether (sulfide) groups is 1. The van der Waals surface area contributed by atoms with Crippen LogP contribution in [0.3, 0.4) is 0 Å². The molecule has 0 spiro atoms. The second-order valence-electron chi connectivity index (χ2n) is 5.61. The number of hydrogen-bond acceptors (Lipinski definition) is 5. The normalized spacial score (nSPS) is 15.8. The fraction of sp³-hybridized carbons (Fsp3) is 0.118. The largest absolute Gasteiger partial charge is 0.364 e. The SMILES string of the molecule is NC(=O)c1cc(-c2csc(NC(=O)C3Cc4ccccc4S3)n2)c[nH]1. The molecule has 1 aromatic carbocycles. The summed E-state index contributed by atoms with van der Waals surface area (Å²) in [6.07, 6.45) is 2.40. The zero-order chi connectivity index (χ0) is 17.4. The maximum atomic E-state index is 12.5. The first kappa shape index (κ1) is 15.9. The summed E-state index contributed by atoms with van der Waals surface area (Å²) in [6.45, 7) is 0. The zero-order valence-electron chi connectivity index (χ0n) is 13.0. The fourth-order valence-electron chi connectivity index (χ4n) is 2.66. The lowest BCUT2D eigenvalue weighted by molar-refractivity contribution is -0.115. The number of H-pyrrole nitrogens is 1. The number of primary amides is 1. The van der Waals surface area contributed by atoms with Gasteiger partial charge < -0.3 is 16.0 Å². The van der Waals surface area contributed by atoms with E-state index in [4.69, 9.17) is 5.73 Å². The Balaban J connectivity index is 1.44. The highest BCUT2D eigenvalue weighted by Crippen LogP contribution is 2.37. The van der Waals surface area contributed by atoms with E-state index in [2.05, 4.69) is 21.4 Å². The number of nitrogens with two attached hydrogens (primary N) is 1. The summed E-state index contributed by atoms with van der Waals surface area (Å²) in [5.41, 5.74) is 8.21. The number of carbonyl (C=O) groups excluding carboxylic acids is 2. The summed E-state index contributed by atoms with van der Waals surface area (Å²) >= 11 is 2.93. The molecule has 3 aromatic rings. The van der Waals surface area contributed by atoms with Gasteiger partial charge in [-0.2, -0.15) is 0 Å². The molecular formula is C17H14N4O2S2. The number of aromatic amines is 1. The lowest BCUT2D eigenvalue weighted by Crippen LogP contribution is -2.24. The van der Waals surface area contributed by atoms with Crippen LogP contribution in [0.5, 0.6) is 0 Å². The van der Waals surface area contributed by atoms with Gasteiger partial charge in [0.2, 0.25) is 5.91 Å². The first-order chi connectivity index (χ1) is 12.1. The van der Waals surface area contributed by atoms with Crippen LogP contribution < -0.4 is 11.1 Å². The summed E-state index contributed by atoms with van der Waals surface area (Å²) < 4.78 is 0. The molecule has 0 aliphatic carbocycles. The number of aromatic nitrogens is 2. The minimum absolute atomic E-state index is 0.0472. The van der Waals surface area contributed by atoms with Crippen LogP contribution in [0.15, 0.2) is 46.8 Å². The van der Waals surface area contributed by atoms with E-state index < -0.39 is 5.91 Å². The highest BCUT2D eigenvalue weighted by Gasteiger charge is 2.28. The van der Waals surface area contributed by atoms with Gasteiger partial charge in [-0.1, -0.05) is 18.2 Å². The highest BCUT2D eigenvalue weighted by atomic mass is 32.2. The van der Waals surface area contributed by atoms with Crippen LogP contribution in [0.1, 0.15) is 16.1 Å². The molecule has 4 rings (SSSR count). The number of amides is 2. The van der Waals surface area contributed by atoms with E-state index in [0.29, 0.717) is 16.5 Å². The van der Waals surface area contributed by atoms with Gasteiger partial charge in [-0.25, -0.2) is 4.98 Å². The van der Waals surface area contributed by atoms with Crippen LogP contribution in [0.25, 0.3) is 11.3 Å². The average Bonchev–Trinajstić information content (AvgIpc) is 3.32. The third kappa shape index (κ3) is 3.18. The molecule has 2 amide bonds. The van der Waals surface area contributed by atoms with Crippen LogP contribution >= 0.6 is 23.1 Å². The van der Waals surface area contributed by atoms with Crippen molar-refractivity contribution >= 4 is 40.0 Å². The van der Waals surface area contributed by atoms with Crippen molar-refractivity contribution < 1.29 is 9.59 Å². The topological polar surface area (TPSA) is 101 Å². The molecule has 6 nitrogen and oxygen atoms in total. The van der Waals surface area contributed by atoms with Gasteiger partial charge in [0.25, 0.3) is 5.91 Å². The summed E-state index contributed by atoms with van der Waals surface area (Å²) in [6, 6.07) is 9.71. The van der Waals surface area contributed by atoms with E-state index in [9.17, 15) is 9.59 Å². The molecule has 2 aromatic heterocycles. The van der Waals surface area contributed by atoms with Crippen molar-refractivity contribution in [1.82, 2.24) is 9.97 Å². The zero-order valence-corrected chi connectivity index (χ0v) is 14.6. The molecule has 0 fully saturated rings. The Bertz CT molecular complexity index is 938. The maximum Gasteiger partial charge on any atom is 0.265 e. The van der Waals surface area contributed by atoms with Gasteiger partial charge in [-0.05, 0) is 24.1 Å². The van der Waals surface area contributed by atoms with Crippen LogP contribution in [0.2, 0.25) is 0 Å². The van der Waals surface area contributed by atoms with Gasteiger partial charge in [0, 0.05) is 22.0 Å². The minimum Gasteiger partial charge on any atom is -0.364 e. The number of benzene rings is 1. The van der Waals surface area contributed by atoms with Crippen molar-refractivity contribution in [2.75, 3.05) is 5.32 Å². The standard InChI is InChI=1S/C17H14N4O2S2/c18-15(22)11-5-10(7-19-11)12-8-24-17(20-12)21-16(23)14-6-9-3-1-2-4-13(9)25-14/h1-5,7-8,14,19H,6H2,(H2,18,22)(H,20,21,23). The molecule has 25 heavy (non-hydrogen) atoms. The van der Waals surface area contributed by atoms with Crippen molar-refractivity contribution in [2.24, 2.45) is 5.73 Å². The molecule has 0 radical (unpaired) electrons. The van der Waals surface area contributed by atoms with Gasteiger partial charge in [0.05, 0.1) is 10.9 Å². The predicted octanol–water partition coefficient (Wildman–Crippen LogP) is 2.89. The average molecular weight is 370 g/mol. The molecule has 0 saturated heterocycles. The van der Waals surface area contributed by atoms with Crippen molar-refractivity contribution in [1.29, 1.82) is 0 Å². The third-order valence-corrected chi connectivity index (χ3v) is 5.99. The Labute approximate surface area is 151 Å². The molecule has 1 atom stereocenters. The Morgan fingerprint density at radius 3 is 2.92 bits per heavy atom. The molecule has 0 bridgehead atoms. The maximum absolute atomic E-state index is 12.5. The van der Waals surface area contributed by atoms with Gasteiger partial charge in [-0.15, -0.1) is 23.1 Å². The summed E-state index contributed by atoms with van der Waals surface area (Å²) in [7, 11) is 0. The molecule has 0 saturated carbocycles. The van der Waals surface area contributed by atoms with Crippen molar-refractivity contribution in [3.05, 3.63) is 53.2 Å². The molecule has 3 heterocycles. The Morgan fingerprint density at radius 1 is 1.32 bits per heavy atom. The van der Waals surface area contributed by atoms with E-state index in [1.807, 2.05) is 23.6 Å². The van der Waals surface area contributed by atoms with Crippen LogP contribution in [0, 0.1) is 0 Å². The lowest BCUT2D eigenvalue weighted by atomic mass is 10.1. The number of thiazole rings is 1. The number of nitrogens with zero attached hydrogens (tertiary/aromatic N) is 1. The second-order valence-corrected chi connectivity index (χ2v) is 7.71. The summed E-state index contributed by atoms with van der Waals surface area (Å²) in [5, 5.41) is 5.12. The van der Waals surface area contributed by atoms with Gasteiger partial charge in [0.15, 0.2) is 5.13 Å². The van der Waals surface area contributed by atoms with E-state index >= 15 is 0 Å². The minimum atomic E-state index is -0.521. The molecule has 4 N–H and O–H groups in total. The van der Waals surface area contributed by atoms with Gasteiger partial charge in [0.1, 0.15) is 5.69 Å². The van der Waals surface area contributed by atoms with Gasteiger partial charge >= 0.3 is 0 Å². The van der Waals surface area contributed by atoms with E-state index in [0.717, 1.165) is 16.9 Å². The molecule has 8 heteroatoms. The molecule has 126 valence electrons. The summed E-state index contributed by atoms with van der Waals surface area (Å²) in [5.74, 6) is -0.568. The van der Waals surface area contributed by atoms with Crippen LogP contribution in [-0.2, 0) is 11.2 Å². The Kier molecular flexibility index (Phi) is 4.06. The van der Waals surface area contributed by atoms with Crippen LogP contribution in [0.4, 0.5) is 5.13 Å². The van der Waals surface area contributed by atoms with Crippen molar-refractivity contribution in [3.63, 3.8) is 0 Å². The lowest BCUT2D eigenvalue weighted by Gasteiger charge is -2.07. The third-order valence-electron chi connectivity index (χ3n) is 3.92. The molecule has 1 aliphatic rings. The first-order valence-corrected chi connectivity index (χ1v) is 9.35. The number of rotatable bonds is 4. The number of fused-ring (bicyclic) bond motifs is 1. The van der Waals surface area contributed by atoms with Crippen molar-refractivity contribution in [2.45, 2.75) is 16.6 Å². The fourth-order valence-corrected chi connectivity index (χ4v) is 4.58. The van der Waals surface area contributed by atoms with Crippen LogP contribution in [-0.4, -0.2) is 27.0 Å². The first-order valence-electron chi connectivity index (χ1n) is 7.59. The van der Waals surface area contributed by atoms with E-state index in [-0.39, 0.29) is 11.2 Å². The van der Waals surface area contributed by atoms with Gasteiger partial charge in [-0.3, -0.25) is 9.59 Å². The Hall–Kier alpha value is -2.58. The summed E-state index contributed by atoms with van der Waals surface area (Å²) in [4.78, 5) is 32.0. The number of hydrogen-bond donors (Lipinski definition) is 3. The van der Waals surface area contributed by atoms with E-state index in [1.54, 1.807) is 24.0 Å². The predicted molar refractivity (Wildman–Crippen MR) is 98.8 cm³/mol. The number of carbonyl (C=O) groups is 2. The Morgan fingerprint density at radius 2 is 2.16 bits per heavy atom. The second kappa shape index (κ2) is 6.38. The number of nitrogens with one attached hydrogen (secondary N) is 2.